The lowest BCUT2D eigenvalue weighted by Gasteiger charge is -2.44. The predicted octanol–water partition coefficient (Wildman–Crippen LogP) is 17.5. The van der Waals surface area contributed by atoms with Crippen molar-refractivity contribution in [1.29, 1.82) is 0 Å². The third-order valence-corrected chi connectivity index (χ3v) is 16.0. The maximum absolute atomic E-state index is 2.61. The third-order valence-electron chi connectivity index (χ3n) is 16.0. The highest BCUT2D eigenvalue weighted by Gasteiger charge is 2.48. The smallest absolute Gasteiger partial charge is 0.0714 e. The second-order valence-electron chi connectivity index (χ2n) is 21.1. The van der Waals surface area contributed by atoms with Crippen molar-refractivity contribution in [2.24, 2.45) is 0 Å². The number of fused-ring (bicyclic) bond motifs is 7. The Kier molecular flexibility index (Phi) is 9.33. The predicted molar refractivity (Wildman–Crippen MR) is 282 cm³/mol. The van der Waals surface area contributed by atoms with E-state index in [2.05, 4.69) is 259 Å². The zero-order valence-electron chi connectivity index (χ0n) is 39.6. The SMILES string of the molecule is CC1(C)CCC(C)(C)c2c1ccc(-c1ccccc1)c2-c1cc2c(cc1N(c1ccccc1)c1ccc3c(c1)C(C)(C)c1ccccc1-3)C(c1ccccc1)(c1ccccc1)c1ccccc1-2. The molecule has 0 saturated carbocycles. The summed E-state index contributed by atoms with van der Waals surface area (Å²) in [7, 11) is 0. The monoisotopic (exact) mass is 863 g/mol. The van der Waals surface area contributed by atoms with E-state index in [-0.39, 0.29) is 16.2 Å². The minimum atomic E-state index is -0.578. The molecule has 0 spiro atoms. The Bertz CT molecular complexity index is 3320. The summed E-state index contributed by atoms with van der Waals surface area (Å²) < 4.78 is 0. The number of benzene rings is 9. The molecule has 9 aromatic rings. The molecule has 3 aliphatic carbocycles. The van der Waals surface area contributed by atoms with Crippen LogP contribution in [0.1, 0.15) is 98.9 Å². The first-order valence-electron chi connectivity index (χ1n) is 24.2. The van der Waals surface area contributed by atoms with Gasteiger partial charge in [-0.25, -0.2) is 0 Å². The Morgan fingerprint density at radius 2 is 0.866 bits per heavy atom. The fourth-order valence-corrected chi connectivity index (χ4v) is 12.6. The van der Waals surface area contributed by atoms with Gasteiger partial charge in [-0.3, -0.25) is 0 Å². The molecule has 326 valence electrons. The van der Waals surface area contributed by atoms with Gasteiger partial charge in [0.15, 0.2) is 0 Å². The van der Waals surface area contributed by atoms with Gasteiger partial charge >= 0.3 is 0 Å². The molecule has 0 saturated heterocycles. The molecule has 0 fully saturated rings. The van der Waals surface area contributed by atoms with Crippen LogP contribution in [-0.4, -0.2) is 0 Å². The van der Waals surface area contributed by atoms with Crippen LogP contribution in [0.5, 0.6) is 0 Å². The Labute approximate surface area is 397 Å². The molecule has 1 heteroatoms. The quantitative estimate of drug-likeness (QED) is 0.154. The van der Waals surface area contributed by atoms with Crippen molar-refractivity contribution in [3.8, 4) is 44.5 Å². The van der Waals surface area contributed by atoms with Gasteiger partial charge in [0.2, 0.25) is 0 Å². The zero-order chi connectivity index (χ0) is 45.7. The maximum atomic E-state index is 2.61. The molecule has 0 heterocycles. The van der Waals surface area contributed by atoms with E-state index in [1.807, 2.05) is 0 Å². The van der Waals surface area contributed by atoms with Crippen LogP contribution >= 0.6 is 0 Å². The van der Waals surface area contributed by atoms with Crippen LogP contribution in [-0.2, 0) is 21.7 Å². The lowest BCUT2D eigenvalue weighted by molar-refractivity contribution is 0.333. The number of hydrogen-bond acceptors (Lipinski definition) is 1. The van der Waals surface area contributed by atoms with Crippen molar-refractivity contribution >= 4 is 17.1 Å². The first-order chi connectivity index (χ1) is 32.5. The summed E-state index contributed by atoms with van der Waals surface area (Å²) in [5, 5.41) is 0. The molecule has 3 aliphatic rings. The normalized spacial score (nSPS) is 16.3. The molecular weight excluding hydrogens is 807 g/mol. The van der Waals surface area contributed by atoms with Crippen molar-refractivity contribution in [3.63, 3.8) is 0 Å². The van der Waals surface area contributed by atoms with Gasteiger partial charge in [0.25, 0.3) is 0 Å². The molecule has 0 amide bonds. The molecule has 0 N–H and O–H groups in total. The molecule has 67 heavy (non-hydrogen) atoms. The topological polar surface area (TPSA) is 3.24 Å². The largest absolute Gasteiger partial charge is 0.310 e. The van der Waals surface area contributed by atoms with E-state index in [0.717, 1.165) is 24.2 Å². The molecule has 0 radical (unpaired) electrons. The lowest BCUT2D eigenvalue weighted by atomic mass is 9.60. The molecule has 0 aromatic heterocycles. The van der Waals surface area contributed by atoms with Crippen molar-refractivity contribution in [2.75, 3.05) is 4.90 Å². The molecule has 1 nitrogen and oxygen atoms in total. The minimum absolute atomic E-state index is 0.00771. The molecule has 0 bridgehead atoms. The summed E-state index contributed by atoms with van der Waals surface area (Å²) in [6.07, 6.45) is 2.25. The molecule has 0 aliphatic heterocycles. The van der Waals surface area contributed by atoms with Crippen LogP contribution in [0.15, 0.2) is 212 Å². The van der Waals surface area contributed by atoms with Gasteiger partial charge in [-0.15, -0.1) is 0 Å². The summed E-state index contributed by atoms with van der Waals surface area (Å²) >= 11 is 0. The number of rotatable bonds is 7. The summed E-state index contributed by atoms with van der Waals surface area (Å²) in [5.41, 5.74) is 23.7. The first kappa shape index (κ1) is 41.2. The summed E-state index contributed by atoms with van der Waals surface area (Å²) in [6.45, 7) is 14.7. The number of para-hydroxylation sites is 1. The Morgan fingerprint density at radius 1 is 0.343 bits per heavy atom. The van der Waals surface area contributed by atoms with E-state index in [0.29, 0.717) is 0 Å². The fraction of sp³-hybridized carbons (Fsp3) is 0.182. The van der Waals surface area contributed by atoms with E-state index < -0.39 is 5.41 Å². The van der Waals surface area contributed by atoms with E-state index in [9.17, 15) is 0 Å². The average Bonchev–Trinajstić information content (AvgIpc) is 3.78. The molecular formula is C66H57N. The van der Waals surface area contributed by atoms with Crippen LogP contribution in [0.2, 0.25) is 0 Å². The van der Waals surface area contributed by atoms with E-state index in [1.54, 1.807) is 0 Å². The lowest BCUT2D eigenvalue weighted by Crippen LogP contribution is -2.34. The highest BCUT2D eigenvalue weighted by molar-refractivity contribution is 6.01. The van der Waals surface area contributed by atoms with Gasteiger partial charge in [0.1, 0.15) is 0 Å². The number of nitrogens with zero attached hydrogens (tertiary/aromatic N) is 1. The van der Waals surface area contributed by atoms with Gasteiger partial charge < -0.3 is 4.90 Å². The van der Waals surface area contributed by atoms with Crippen molar-refractivity contribution < 1.29 is 0 Å². The summed E-state index contributed by atoms with van der Waals surface area (Å²) in [4.78, 5) is 2.59. The van der Waals surface area contributed by atoms with Crippen LogP contribution < -0.4 is 4.90 Å². The van der Waals surface area contributed by atoms with Gasteiger partial charge in [-0.1, -0.05) is 217 Å². The van der Waals surface area contributed by atoms with Gasteiger partial charge in [-0.2, -0.15) is 0 Å². The van der Waals surface area contributed by atoms with Crippen LogP contribution in [0, 0.1) is 0 Å². The number of hydrogen-bond donors (Lipinski definition) is 0. The Balaban J connectivity index is 1.27. The van der Waals surface area contributed by atoms with Gasteiger partial charge in [0, 0.05) is 22.4 Å². The van der Waals surface area contributed by atoms with Crippen LogP contribution in [0.25, 0.3) is 44.5 Å². The zero-order valence-corrected chi connectivity index (χ0v) is 39.6. The Morgan fingerprint density at radius 3 is 1.52 bits per heavy atom. The molecule has 0 unspecified atom stereocenters. The molecule has 9 aromatic carbocycles. The third kappa shape index (κ3) is 6.13. The van der Waals surface area contributed by atoms with E-state index in [4.69, 9.17) is 0 Å². The van der Waals surface area contributed by atoms with Crippen LogP contribution in [0.4, 0.5) is 17.1 Å². The first-order valence-corrected chi connectivity index (χ1v) is 24.2. The van der Waals surface area contributed by atoms with Gasteiger partial charge in [-0.05, 0) is 144 Å². The standard InChI is InChI=1S/C66H57N/c1-63(2)39-40-64(3,4)62-57(63)38-37-49(44-23-11-7-12-24-44)61(62)54-42-53-51-32-20-22-34-56(51)66(45-25-13-8-14-26-45,46-27-15-9-16-28-46)59(53)43-60(54)67(47-29-17-10-18-30-47)48-35-36-52-50-31-19-21-33-55(50)65(5,6)58(52)41-48/h7-38,41-43H,39-40H2,1-6H3. The maximum Gasteiger partial charge on any atom is 0.0714 e. The molecule has 0 atom stereocenters. The van der Waals surface area contributed by atoms with E-state index >= 15 is 0 Å². The van der Waals surface area contributed by atoms with Gasteiger partial charge in [0.05, 0.1) is 11.1 Å². The van der Waals surface area contributed by atoms with Crippen molar-refractivity contribution in [3.05, 3.63) is 257 Å². The van der Waals surface area contributed by atoms with Crippen molar-refractivity contribution in [1.82, 2.24) is 0 Å². The highest BCUT2D eigenvalue weighted by atomic mass is 15.1. The average molecular weight is 864 g/mol. The van der Waals surface area contributed by atoms with Crippen molar-refractivity contribution in [2.45, 2.75) is 76.0 Å². The molecule has 12 rings (SSSR count). The number of anilines is 3. The second kappa shape index (κ2) is 15.2. The van der Waals surface area contributed by atoms with E-state index in [1.165, 1.54) is 94.7 Å². The minimum Gasteiger partial charge on any atom is -0.310 e. The Hall–Kier alpha value is -7.22. The summed E-state index contributed by atoms with van der Waals surface area (Å²) in [6, 6.07) is 80.4. The highest BCUT2D eigenvalue weighted by Crippen LogP contribution is 2.61. The second-order valence-corrected chi connectivity index (χ2v) is 21.1. The summed E-state index contributed by atoms with van der Waals surface area (Å²) in [5.74, 6) is 0. The van der Waals surface area contributed by atoms with Crippen LogP contribution in [0.3, 0.4) is 0 Å². The fourth-order valence-electron chi connectivity index (χ4n) is 12.6.